The Morgan fingerprint density at radius 3 is 2.76 bits per heavy atom. The summed E-state index contributed by atoms with van der Waals surface area (Å²) in [5.74, 6) is 0.224. The number of primary amides is 1. The van der Waals surface area contributed by atoms with Crippen LogP contribution in [0.25, 0.3) is 0 Å². The molecule has 5 N–H and O–H groups in total. The Balaban J connectivity index is 2.25. The molecule has 0 aliphatic heterocycles. The van der Waals surface area contributed by atoms with Gasteiger partial charge in [0, 0.05) is 22.8 Å². The highest BCUT2D eigenvalue weighted by atomic mass is 79.9. The maximum Gasteiger partial charge on any atom is 0.250 e. The molecule has 6 heteroatoms. The fraction of sp³-hybridized carbons (Fsp3) is 0.133. The predicted octanol–water partition coefficient (Wildman–Crippen LogP) is 2.63. The number of hydrogen-bond acceptors (Lipinski definition) is 4. The molecule has 2 aromatic carbocycles. The van der Waals surface area contributed by atoms with Crippen LogP contribution < -0.4 is 21.5 Å². The van der Waals surface area contributed by atoms with Crippen LogP contribution in [0.15, 0.2) is 46.9 Å². The molecule has 1 amide bonds. The van der Waals surface area contributed by atoms with Crippen LogP contribution in [0.5, 0.6) is 5.75 Å². The molecule has 0 heterocycles. The highest BCUT2D eigenvalue weighted by Gasteiger charge is 2.09. The van der Waals surface area contributed by atoms with Crippen molar-refractivity contribution in [2.75, 3.05) is 18.5 Å². The van der Waals surface area contributed by atoms with E-state index in [9.17, 15) is 4.79 Å². The van der Waals surface area contributed by atoms with Crippen LogP contribution in [-0.2, 0) is 0 Å². The third-order valence-corrected chi connectivity index (χ3v) is 3.24. The molecule has 0 fully saturated rings. The number of ether oxygens (including phenoxy) is 1. The van der Waals surface area contributed by atoms with Gasteiger partial charge in [0.15, 0.2) is 0 Å². The van der Waals surface area contributed by atoms with Crippen LogP contribution >= 0.6 is 15.9 Å². The van der Waals surface area contributed by atoms with Gasteiger partial charge in [-0.15, -0.1) is 0 Å². The Morgan fingerprint density at radius 1 is 1.24 bits per heavy atom. The van der Waals surface area contributed by atoms with Crippen LogP contribution in [-0.4, -0.2) is 19.1 Å². The molecule has 0 bridgehead atoms. The molecular weight excluding hydrogens is 334 g/mol. The van der Waals surface area contributed by atoms with Gasteiger partial charge in [0.25, 0.3) is 5.91 Å². The van der Waals surface area contributed by atoms with Crippen LogP contribution in [0, 0.1) is 0 Å². The van der Waals surface area contributed by atoms with E-state index in [1.807, 2.05) is 24.3 Å². The van der Waals surface area contributed by atoms with Gasteiger partial charge in [-0.05, 0) is 30.3 Å². The summed E-state index contributed by atoms with van der Waals surface area (Å²) in [4.78, 5) is 11.5. The molecule has 0 aromatic heterocycles. The van der Waals surface area contributed by atoms with Crippen molar-refractivity contribution in [3.05, 3.63) is 52.5 Å². The molecule has 0 spiro atoms. The molecule has 0 aliphatic carbocycles. The summed E-state index contributed by atoms with van der Waals surface area (Å²) in [6.45, 7) is 0.905. The van der Waals surface area contributed by atoms with Gasteiger partial charge in [0.1, 0.15) is 12.4 Å². The second kappa shape index (κ2) is 7.10. The molecule has 2 rings (SSSR count). The van der Waals surface area contributed by atoms with Gasteiger partial charge in [0.2, 0.25) is 0 Å². The maximum absolute atomic E-state index is 11.5. The van der Waals surface area contributed by atoms with E-state index >= 15 is 0 Å². The van der Waals surface area contributed by atoms with E-state index < -0.39 is 5.91 Å². The van der Waals surface area contributed by atoms with Crippen molar-refractivity contribution < 1.29 is 9.53 Å². The highest BCUT2D eigenvalue weighted by molar-refractivity contribution is 9.10. The Kier molecular flexibility index (Phi) is 5.19. The summed E-state index contributed by atoms with van der Waals surface area (Å²) >= 11 is 3.38. The van der Waals surface area contributed by atoms with E-state index in [0.717, 1.165) is 10.2 Å². The molecule has 0 saturated heterocycles. The molecule has 0 aliphatic rings. The van der Waals surface area contributed by atoms with E-state index in [0.29, 0.717) is 30.2 Å². The minimum absolute atomic E-state index is 0.423. The number of nitrogens with one attached hydrogen (secondary N) is 1. The van der Waals surface area contributed by atoms with E-state index in [-0.39, 0.29) is 0 Å². The fourth-order valence-electron chi connectivity index (χ4n) is 1.83. The Morgan fingerprint density at radius 2 is 2.05 bits per heavy atom. The molecule has 0 unspecified atom stereocenters. The molecule has 5 nitrogen and oxygen atoms in total. The minimum Gasteiger partial charge on any atom is -0.492 e. The lowest BCUT2D eigenvalue weighted by atomic mass is 10.1. The molecule has 0 atom stereocenters. The van der Waals surface area contributed by atoms with Gasteiger partial charge < -0.3 is 21.5 Å². The lowest BCUT2D eigenvalue weighted by Crippen LogP contribution is -2.13. The topological polar surface area (TPSA) is 90.4 Å². The van der Waals surface area contributed by atoms with Gasteiger partial charge in [-0.2, -0.15) is 0 Å². The number of halogens is 1. The van der Waals surface area contributed by atoms with Crippen molar-refractivity contribution in [3.63, 3.8) is 0 Å². The molecule has 110 valence electrons. The predicted molar refractivity (Wildman–Crippen MR) is 86.9 cm³/mol. The number of carbonyl (C=O) groups excluding carboxylic acids is 1. The fourth-order valence-corrected chi connectivity index (χ4v) is 2.19. The van der Waals surface area contributed by atoms with Gasteiger partial charge in [-0.1, -0.05) is 22.0 Å². The normalized spacial score (nSPS) is 10.2. The number of nitrogens with two attached hydrogens (primary N) is 2. The van der Waals surface area contributed by atoms with Crippen LogP contribution in [0.2, 0.25) is 0 Å². The zero-order valence-corrected chi connectivity index (χ0v) is 12.9. The van der Waals surface area contributed by atoms with Crippen LogP contribution in [0.3, 0.4) is 0 Å². The Hall–Kier alpha value is -2.05. The summed E-state index contributed by atoms with van der Waals surface area (Å²) in [7, 11) is 0. The van der Waals surface area contributed by atoms with Crippen molar-refractivity contribution in [3.8, 4) is 5.75 Å². The van der Waals surface area contributed by atoms with Gasteiger partial charge >= 0.3 is 0 Å². The first-order valence-corrected chi connectivity index (χ1v) is 7.19. The zero-order chi connectivity index (χ0) is 15.2. The quantitative estimate of drug-likeness (QED) is 0.747. The summed E-state index contributed by atoms with van der Waals surface area (Å²) in [6, 6.07) is 12.7. The second-order valence-corrected chi connectivity index (χ2v) is 5.26. The number of amides is 1. The van der Waals surface area contributed by atoms with E-state index in [4.69, 9.17) is 16.2 Å². The van der Waals surface area contributed by atoms with Crippen molar-refractivity contribution in [2.45, 2.75) is 0 Å². The van der Waals surface area contributed by atoms with Gasteiger partial charge in [-0.3, -0.25) is 4.79 Å². The largest absolute Gasteiger partial charge is 0.492 e. The maximum atomic E-state index is 11.5. The van der Waals surface area contributed by atoms with Crippen molar-refractivity contribution in [1.82, 2.24) is 0 Å². The average Bonchev–Trinajstić information content (AvgIpc) is 2.45. The van der Waals surface area contributed by atoms with Crippen molar-refractivity contribution in [2.24, 2.45) is 11.5 Å². The standard InChI is InChI=1S/C15H16BrN3O2/c16-10-4-5-13(15(18)20)14(8-10)19-11-2-1-3-12(9-11)21-7-6-17/h1-5,8-9,19H,6-7,17H2,(H2,18,20). The number of anilines is 2. The zero-order valence-electron chi connectivity index (χ0n) is 11.3. The molecule has 0 saturated carbocycles. The summed E-state index contributed by atoms with van der Waals surface area (Å²) in [6.07, 6.45) is 0. The SMILES string of the molecule is NCCOc1cccc(Nc2cc(Br)ccc2C(N)=O)c1. The summed E-state index contributed by atoms with van der Waals surface area (Å²) < 4.78 is 6.32. The minimum atomic E-state index is -0.486. The van der Waals surface area contributed by atoms with Crippen molar-refractivity contribution in [1.29, 1.82) is 0 Å². The van der Waals surface area contributed by atoms with Gasteiger partial charge in [0.05, 0.1) is 11.3 Å². The second-order valence-electron chi connectivity index (χ2n) is 4.34. The van der Waals surface area contributed by atoms with E-state index in [1.165, 1.54) is 0 Å². The first-order valence-electron chi connectivity index (χ1n) is 6.39. The van der Waals surface area contributed by atoms with E-state index in [2.05, 4.69) is 21.2 Å². The first-order chi connectivity index (χ1) is 10.1. The monoisotopic (exact) mass is 349 g/mol. The van der Waals surface area contributed by atoms with Crippen LogP contribution in [0.4, 0.5) is 11.4 Å². The summed E-state index contributed by atoms with van der Waals surface area (Å²) in [5, 5.41) is 3.17. The Labute approximate surface area is 131 Å². The number of benzene rings is 2. The Bertz CT molecular complexity index is 647. The van der Waals surface area contributed by atoms with Crippen LogP contribution in [0.1, 0.15) is 10.4 Å². The molecule has 21 heavy (non-hydrogen) atoms. The van der Waals surface area contributed by atoms with Gasteiger partial charge in [-0.25, -0.2) is 0 Å². The molecule has 0 radical (unpaired) electrons. The molecular formula is C15H16BrN3O2. The number of hydrogen-bond donors (Lipinski definition) is 3. The third-order valence-electron chi connectivity index (χ3n) is 2.75. The average molecular weight is 350 g/mol. The molecule has 2 aromatic rings. The first kappa shape index (κ1) is 15.3. The van der Waals surface area contributed by atoms with E-state index in [1.54, 1.807) is 18.2 Å². The lowest BCUT2D eigenvalue weighted by Gasteiger charge is -2.12. The highest BCUT2D eigenvalue weighted by Crippen LogP contribution is 2.26. The number of rotatable bonds is 6. The lowest BCUT2D eigenvalue weighted by molar-refractivity contribution is 0.100. The third kappa shape index (κ3) is 4.21. The number of carbonyl (C=O) groups is 1. The summed E-state index contributed by atoms with van der Waals surface area (Å²) in [5.41, 5.74) is 12.6. The smallest absolute Gasteiger partial charge is 0.250 e. The van der Waals surface area contributed by atoms with Crippen molar-refractivity contribution >= 4 is 33.2 Å².